The van der Waals surface area contributed by atoms with Crippen molar-refractivity contribution in [2.45, 2.75) is 63.2 Å². The van der Waals surface area contributed by atoms with Crippen LogP contribution in [0, 0.1) is 0 Å². The molecule has 5 nitrogen and oxygen atoms in total. The molecule has 2 unspecified atom stereocenters. The zero-order valence-electron chi connectivity index (χ0n) is 15.6. The molecule has 1 saturated heterocycles. The molecule has 4 atom stereocenters. The fourth-order valence-corrected chi connectivity index (χ4v) is 3.70. The van der Waals surface area contributed by atoms with Crippen LogP contribution in [-0.4, -0.2) is 58.2 Å². The first-order chi connectivity index (χ1) is 11.5. The quantitative estimate of drug-likeness (QED) is 0.644. The Labute approximate surface area is 152 Å². The Balaban J connectivity index is 2.04. The molecule has 0 spiro atoms. The summed E-state index contributed by atoms with van der Waals surface area (Å²) >= 11 is 0. The zero-order chi connectivity index (χ0) is 18.8. The number of carbonyl (C=O) groups is 1. The number of benzene rings is 1. The monoisotopic (exact) mass is 362 g/mol. The summed E-state index contributed by atoms with van der Waals surface area (Å²) in [5.41, 5.74) is 0.465. The van der Waals surface area contributed by atoms with Crippen LogP contribution in [0.2, 0.25) is 18.1 Å². The lowest BCUT2D eigenvalue weighted by atomic mass is 9.93. The lowest BCUT2D eigenvalue weighted by Gasteiger charge is -2.40. The first kappa shape index (κ1) is 20.2. The van der Waals surface area contributed by atoms with Gasteiger partial charge in [0.25, 0.3) is 0 Å². The predicted octanol–water partition coefficient (Wildman–Crippen LogP) is 2.49. The Bertz CT molecular complexity index is 587. The van der Waals surface area contributed by atoms with Crippen molar-refractivity contribution in [1.29, 1.82) is 0 Å². The van der Waals surface area contributed by atoms with Gasteiger partial charge in [-0.25, -0.2) is 4.79 Å². The van der Waals surface area contributed by atoms with E-state index in [4.69, 9.17) is 21.7 Å². The van der Waals surface area contributed by atoms with Crippen LogP contribution >= 0.6 is 0 Å². The number of hydrogen-bond acceptors (Lipinski definition) is 5. The summed E-state index contributed by atoms with van der Waals surface area (Å²) in [6.07, 6.45) is -2.15. The Hall–Kier alpha value is -1.15. The molecule has 2 rings (SSSR count). The van der Waals surface area contributed by atoms with E-state index >= 15 is 0 Å². The van der Waals surface area contributed by atoms with Crippen molar-refractivity contribution in [3.05, 3.63) is 35.9 Å². The zero-order valence-corrected chi connectivity index (χ0v) is 16.6. The van der Waals surface area contributed by atoms with Gasteiger partial charge in [0.2, 0.25) is 0 Å². The van der Waals surface area contributed by atoms with Crippen molar-refractivity contribution in [2.24, 2.45) is 0 Å². The van der Waals surface area contributed by atoms with Crippen LogP contribution in [0.4, 0.5) is 0 Å². The second kappa shape index (κ2) is 7.62. The molecule has 1 aromatic carbocycles. The van der Waals surface area contributed by atoms with Gasteiger partial charge in [0.05, 0.1) is 11.7 Å². The SMILES string of the molecule is [B][C@@H]1O[C@H](COC(=O)c2ccccc2)C(O[Si](C)(C)C(C)(C)C)C1O. The Morgan fingerprint density at radius 2 is 1.88 bits per heavy atom. The number of hydrogen-bond donors (Lipinski definition) is 1. The predicted molar refractivity (Wildman–Crippen MR) is 99.2 cm³/mol. The van der Waals surface area contributed by atoms with Gasteiger partial charge in [-0.1, -0.05) is 39.0 Å². The molecular weight excluding hydrogens is 335 g/mol. The number of carbonyl (C=O) groups excluding carboxylic acids is 1. The third kappa shape index (κ3) is 4.73. The van der Waals surface area contributed by atoms with Gasteiger partial charge in [0, 0.05) is 6.00 Å². The molecule has 25 heavy (non-hydrogen) atoms. The topological polar surface area (TPSA) is 65.0 Å². The minimum atomic E-state index is -2.14. The van der Waals surface area contributed by atoms with Crippen LogP contribution in [0.3, 0.4) is 0 Å². The van der Waals surface area contributed by atoms with Crippen LogP contribution in [0.1, 0.15) is 31.1 Å². The summed E-state index contributed by atoms with van der Waals surface area (Å²) < 4.78 is 17.2. The van der Waals surface area contributed by atoms with Crippen molar-refractivity contribution in [1.82, 2.24) is 0 Å². The van der Waals surface area contributed by atoms with Gasteiger partial charge in [-0.3, -0.25) is 0 Å². The van der Waals surface area contributed by atoms with Gasteiger partial charge in [-0.05, 0) is 30.3 Å². The smallest absolute Gasteiger partial charge is 0.338 e. The van der Waals surface area contributed by atoms with Crippen molar-refractivity contribution >= 4 is 22.1 Å². The molecule has 0 aromatic heterocycles. The molecule has 0 aliphatic carbocycles. The van der Waals surface area contributed by atoms with Crippen LogP contribution in [0.25, 0.3) is 0 Å². The van der Waals surface area contributed by atoms with Gasteiger partial charge in [0.1, 0.15) is 26.7 Å². The van der Waals surface area contributed by atoms with Gasteiger partial charge in [-0.2, -0.15) is 0 Å². The maximum absolute atomic E-state index is 12.1. The van der Waals surface area contributed by atoms with E-state index in [9.17, 15) is 9.90 Å². The van der Waals surface area contributed by atoms with Gasteiger partial charge < -0.3 is 19.0 Å². The maximum Gasteiger partial charge on any atom is 0.338 e. The average molecular weight is 362 g/mol. The summed E-state index contributed by atoms with van der Waals surface area (Å²) in [6, 6.07) is 7.88. The van der Waals surface area contributed by atoms with Crippen molar-refractivity contribution in [2.75, 3.05) is 6.61 Å². The Morgan fingerprint density at radius 1 is 1.28 bits per heavy atom. The highest BCUT2D eigenvalue weighted by Crippen LogP contribution is 2.39. The second-order valence-corrected chi connectivity index (χ2v) is 12.7. The molecule has 1 N–H and O–H groups in total. The van der Waals surface area contributed by atoms with Crippen LogP contribution in [-0.2, 0) is 13.9 Å². The number of esters is 1. The standard InChI is InChI=1S/C18H27BO5Si/c1-18(2,3)25(4,5)24-15-13(23-16(19)14(15)20)11-22-17(21)12-9-7-6-8-10-12/h6-10,13-16,20H,11H2,1-5H3/t13-,14?,15?,16-/m1/s1. The van der Waals surface area contributed by atoms with E-state index in [0.29, 0.717) is 5.56 Å². The molecule has 0 bridgehead atoms. The number of ether oxygens (including phenoxy) is 2. The molecule has 1 fully saturated rings. The normalized spacial score (nSPS) is 27.3. The van der Waals surface area contributed by atoms with Gasteiger partial charge >= 0.3 is 5.97 Å². The third-order valence-corrected chi connectivity index (χ3v) is 9.47. The molecule has 0 amide bonds. The summed E-state index contributed by atoms with van der Waals surface area (Å²) in [4.78, 5) is 12.1. The highest BCUT2D eigenvalue weighted by atomic mass is 28.4. The van der Waals surface area contributed by atoms with Gasteiger partial charge in [-0.15, -0.1) is 0 Å². The summed E-state index contributed by atoms with van der Waals surface area (Å²) in [7, 11) is 3.69. The van der Waals surface area contributed by atoms with E-state index in [2.05, 4.69) is 33.9 Å². The first-order valence-corrected chi connectivity index (χ1v) is 11.4. The Kier molecular flexibility index (Phi) is 6.14. The first-order valence-electron chi connectivity index (χ1n) is 8.52. The summed E-state index contributed by atoms with van der Waals surface area (Å²) in [5.74, 6) is -0.440. The lowest BCUT2D eigenvalue weighted by molar-refractivity contribution is -0.0192. The molecule has 2 radical (unpaired) electrons. The minimum absolute atomic E-state index is 0.0161. The van der Waals surface area contributed by atoms with Crippen LogP contribution in [0.15, 0.2) is 30.3 Å². The van der Waals surface area contributed by atoms with E-state index in [0.717, 1.165) is 0 Å². The maximum atomic E-state index is 12.1. The molecular formula is C18H27BO5Si. The summed E-state index contributed by atoms with van der Waals surface area (Å²) in [5, 5.41) is 10.3. The van der Waals surface area contributed by atoms with E-state index in [1.165, 1.54) is 0 Å². The highest BCUT2D eigenvalue weighted by Gasteiger charge is 2.48. The van der Waals surface area contributed by atoms with Crippen LogP contribution in [0.5, 0.6) is 0 Å². The molecule has 1 aliphatic rings. The molecule has 0 saturated carbocycles. The minimum Gasteiger partial charge on any atom is -0.459 e. The van der Waals surface area contributed by atoms with E-state index < -0.39 is 38.6 Å². The number of aliphatic hydroxyl groups is 1. The molecule has 1 aliphatic heterocycles. The van der Waals surface area contributed by atoms with E-state index in [1.807, 2.05) is 6.07 Å². The average Bonchev–Trinajstić information content (AvgIpc) is 2.80. The third-order valence-electron chi connectivity index (χ3n) is 5.00. The lowest BCUT2D eigenvalue weighted by Crippen LogP contribution is -2.50. The van der Waals surface area contributed by atoms with Crippen molar-refractivity contribution in [3.8, 4) is 0 Å². The van der Waals surface area contributed by atoms with Crippen molar-refractivity contribution < 1.29 is 23.8 Å². The molecule has 7 heteroatoms. The van der Waals surface area contributed by atoms with Crippen LogP contribution < -0.4 is 0 Å². The largest absolute Gasteiger partial charge is 0.459 e. The molecule has 1 aromatic rings. The fourth-order valence-electron chi connectivity index (χ4n) is 2.38. The van der Waals surface area contributed by atoms with Crippen molar-refractivity contribution in [3.63, 3.8) is 0 Å². The second-order valence-electron chi connectivity index (χ2n) is 7.94. The fraction of sp³-hybridized carbons (Fsp3) is 0.611. The van der Waals surface area contributed by atoms with E-state index in [1.54, 1.807) is 24.3 Å². The van der Waals surface area contributed by atoms with Gasteiger partial charge in [0.15, 0.2) is 8.32 Å². The van der Waals surface area contributed by atoms with E-state index in [-0.39, 0.29) is 11.6 Å². The number of rotatable bonds is 5. The molecule has 136 valence electrons. The Morgan fingerprint density at radius 3 is 2.44 bits per heavy atom. The molecule has 1 heterocycles. The number of aliphatic hydroxyl groups excluding tert-OH is 1. The highest BCUT2D eigenvalue weighted by molar-refractivity contribution is 6.74. The summed E-state index contributed by atoms with van der Waals surface area (Å²) in [6.45, 7) is 10.5.